The molecule has 88 valence electrons. The summed E-state index contributed by atoms with van der Waals surface area (Å²) < 4.78 is 0. The maximum Gasteiger partial charge on any atom is 0.133 e. The average Bonchev–Trinajstić information content (AvgIpc) is 2.29. The zero-order chi connectivity index (χ0) is 11.5. The number of anilines is 1. The Morgan fingerprint density at radius 3 is 3.00 bits per heavy atom. The van der Waals surface area contributed by atoms with Crippen LogP contribution < -0.4 is 4.90 Å². The van der Waals surface area contributed by atoms with Crippen LogP contribution in [0.25, 0.3) is 0 Å². The summed E-state index contributed by atoms with van der Waals surface area (Å²) in [6.07, 6.45) is 3.52. The lowest BCUT2D eigenvalue weighted by Gasteiger charge is -2.31. The Labute approximate surface area is 96.3 Å². The van der Waals surface area contributed by atoms with E-state index in [1.807, 2.05) is 6.07 Å². The number of nitrogens with zero attached hydrogens (tertiary/aromatic N) is 3. The Balaban J connectivity index is 2.16. The maximum absolute atomic E-state index is 9.63. The smallest absolute Gasteiger partial charge is 0.133 e. The first-order valence-corrected chi connectivity index (χ1v) is 5.93. The van der Waals surface area contributed by atoms with Gasteiger partial charge >= 0.3 is 0 Å². The molecule has 1 atom stereocenters. The molecule has 0 saturated carbocycles. The third-order valence-electron chi connectivity index (χ3n) is 2.90. The second-order valence-electron chi connectivity index (χ2n) is 4.67. The summed E-state index contributed by atoms with van der Waals surface area (Å²) in [5, 5.41) is 9.63. The van der Waals surface area contributed by atoms with Crippen LogP contribution in [-0.4, -0.2) is 34.3 Å². The van der Waals surface area contributed by atoms with Crippen molar-refractivity contribution in [2.24, 2.45) is 0 Å². The molecule has 0 bridgehead atoms. The van der Waals surface area contributed by atoms with Crippen molar-refractivity contribution in [3.63, 3.8) is 0 Å². The van der Waals surface area contributed by atoms with E-state index >= 15 is 0 Å². The summed E-state index contributed by atoms with van der Waals surface area (Å²) in [7, 11) is 0. The molecule has 4 nitrogen and oxygen atoms in total. The van der Waals surface area contributed by atoms with Crippen LogP contribution in [0.3, 0.4) is 0 Å². The summed E-state index contributed by atoms with van der Waals surface area (Å²) in [5.74, 6) is 2.16. The van der Waals surface area contributed by atoms with Crippen LogP contribution in [0.2, 0.25) is 0 Å². The lowest BCUT2D eigenvalue weighted by Crippen LogP contribution is -2.38. The van der Waals surface area contributed by atoms with Crippen molar-refractivity contribution in [2.45, 2.75) is 38.7 Å². The fourth-order valence-corrected chi connectivity index (χ4v) is 1.98. The summed E-state index contributed by atoms with van der Waals surface area (Å²) >= 11 is 0. The van der Waals surface area contributed by atoms with E-state index in [2.05, 4.69) is 28.7 Å². The van der Waals surface area contributed by atoms with E-state index in [9.17, 15) is 5.11 Å². The van der Waals surface area contributed by atoms with Crippen LogP contribution in [0.15, 0.2) is 12.3 Å². The number of aliphatic hydroxyl groups is 1. The van der Waals surface area contributed by atoms with Gasteiger partial charge in [-0.15, -0.1) is 0 Å². The van der Waals surface area contributed by atoms with E-state index in [1.54, 1.807) is 6.20 Å². The molecule has 1 fully saturated rings. The Morgan fingerprint density at radius 1 is 1.50 bits per heavy atom. The number of β-amino-alcohol motifs (C(OH)–C–C–N with tert-alkyl or cyclic N) is 1. The van der Waals surface area contributed by atoms with Crippen LogP contribution in [0.1, 0.15) is 38.4 Å². The Hall–Kier alpha value is -1.16. The van der Waals surface area contributed by atoms with Gasteiger partial charge in [0.05, 0.1) is 6.10 Å². The molecule has 0 aromatic carbocycles. The van der Waals surface area contributed by atoms with Crippen molar-refractivity contribution in [1.29, 1.82) is 0 Å². The van der Waals surface area contributed by atoms with Gasteiger partial charge in [-0.25, -0.2) is 9.97 Å². The maximum atomic E-state index is 9.63. The molecule has 0 amide bonds. The minimum absolute atomic E-state index is 0.216. The van der Waals surface area contributed by atoms with Gasteiger partial charge in [0.2, 0.25) is 0 Å². The fraction of sp³-hybridized carbons (Fsp3) is 0.667. The SMILES string of the molecule is CC(C)c1nccc(N2CCCC(O)C2)n1. The van der Waals surface area contributed by atoms with Crippen molar-refractivity contribution in [2.75, 3.05) is 18.0 Å². The van der Waals surface area contributed by atoms with Crippen LogP contribution in [0.5, 0.6) is 0 Å². The molecule has 1 unspecified atom stereocenters. The lowest BCUT2D eigenvalue weighted by atomic mass is 10.1. The predicted octanol–water partition coefficient (Wildman–Crippen LogP) is 1.56. The highest BCUT2D eigenvalue weighted by Crippen LogP contribution is 2.19. The van der Waals surface area contributed by atoms with Crippen molar-refractivity contribution < 1.29 is 5.11 Å². The molecule has 1 aromatic rings. The minimum Gasteiger partial charge on any atom is -0.391 e. The van der Waals surface area contributed by atoms with Crippen LogP contribution in [0.4, 0.5) is 5.82 Å². The number of aliphatic hydroxyl groups excluding tert-OH is 1. The first kappa shape index (κ1) is 11.3. The van der Waals surface area contributed by atoms with E-state index in [0.29, 0.717) is 12.5 Å². The van der Waals surface area contributed by atoms with E-state index in [1.165, 1.54) is 0 Å². The van der Waals surface area contributed by atoms with Gasteiger partial charge in [0.1, 0.15) is 11.6 Å². The van der Waals surface area contributed by atoms with E-state index in [-0.39, 0.29) is 6.10 Å². The molecule has 2 rings (SSSR count). The summed E-state index contributed by atoms with van der Waals surface area (Å²) in [6, 6.07) is 1.92. The van der Waals surface area contributed by atoms with Crippen molar-refractivity contribution in [1.82, 2.24) is 9.97 Å². The van der Waals surface area contributed by atoms with Gasteiger partial charge in [0.25, 0.3) is 0 Å². The topological polar surface area (TPSA) is 49.2 Å². The molecule has 0 radical (unpaired) electrons. The van der Waals surface area contributed by atoms with Crippen molar-refractivity contribution in [3.8, 4) is 0 Å². The molecule has 1 aromatic heterocycles. The molecule has 0 aliphatic carbocycles. The molecule has 1 aliphatic rings. The number of aromatic nitrogens is 2. The Bertz CT molecular complexity index is 354. The Kier molecular flexibility index (Phi) is 3.39. The fourth-order valence-electron chi connectivity index (χ4n) is 1.98. The third-order valence-corrected chi connectivity index (χ3v) is 2.90. The van der Waals surface area contributed by atoms with Crippen LogP contribution in [-0.2, 0) is 0 Å². The third kappa shape index (κ3) is 2.50. The molecule has 1 aliphatic heterocycles. The normalized spacial score (nSPS) is 21.5. The molecule has 1 N–H and O–H groups in total. The second-order valence-corrected chi connectivity index (χ2v) is 4.67. The Morgan fingerprint density at radius 2 is 2.31 bits per heavy atom. The van der Waals surface area contributed by atoms with Gasteiger partial charge in [0, 0.05) is 25.2 Å². The van der Waals surface area contributed by atoms with E-state index in [4.69, 9.17) is 0 Å². The summed E-state index contributed by atoms with van der Waals surface area (Å²) in [4.78, 5) is 10.9. The van der Waals surface area contributed by atoms with E-state index in [0.717, 1.165) is 31.0 Å². The first-order chi connectivity index (χ1) is 7.66. The lowest BCUT2D eigenvalue weighted by molar-refractivity contribution is 0.154. The monoisotopic (exact) mass is 221 g/mol. The predicted molar refractivity (Wildman–Crippen MR) is 63.6 cm³/mol. The molecule has 2 heterocycles. The highest BCUT2D eigenvalue weighted by atomic mass is 16.3. The second kappa shape index (κ2) is 4.78. The number of piperidine rings is 1. The number of hydrogen-bond donors (Lipinski definition) is 1. The van der Waals surface area contributed by atoms with Gasteiger partial charge in [-0.2, -0.15) is 0 Å². The number of rotatable bonds is 2. The van der Waals surface area contributed by atoms with Gasteiger partial charge in [0.15, 0.2) is 0 Å². The molecular weight excluding hydrogens is 202 g/mol. The highest BCUT2D eigenvalue weighted by molar-refractivity contribution is 5.38. The van der Waals surface area contributed by atoms with Gasteiger partial charge in [-0.05, 0) is 18.9 Å². The standard InChI is InChI=1S/C12H19N3O/c1-9(2)12-13-6-5-11(14-12)15-7-3-4-10(16)8-15/h5-6,9-10,16H,3-4,7-8H2,1-2H3. The molecular formula is C12H19N3O. The quantitative estimate of drug-likeness (QED) is 0.823. The van der Waals surface area contributed by atoms with Gasteiger partial charge < -0.3 is 10.0 Å². The average molecular weight is 221 g/mol. The highest BCUT2D eigenvalue weighted by Gasteiger charge is 2.19. The molecule has 1 saturated heterocycles. The summed E-state index contributed by atoms with van der Waals surface area (Å²) in [6.45, 7) is 5.84. The minimum atomic E-state index is -0.216. The zero-order valence-electron chi connectivity index (χ0n) is 9.93. The molecule has 0 spiro atoms. The van der Waals surface area contributed by atoms with Crippen LogP contribution in [0, 0.1) is 0 Å². The van der Waals surface area contributed by atoms with Crippen molar-refractivity contribution in [3.05, 3.63) is 18.1 Å². The van der Waals surface area contributed by atoms with Gasteiger partial charge in [-0.1, -0.05) is 13.8 Å². The van der Waals surface area contributed by atoms with Crippen molar-refractivity contribution >= 4 is 5.82 Å². The molecule has 4 heteroatoms. The van der Waals surface area contributed by atoms with Gasteiger partial charge in [-0.3, -0.25) is 0 Å². The van der Waals surface area contributed by atoms with Crippen LogP contribution >= 0.6 is 0 Å². The molecule has 16 heavy (non-hydrogen) atoms. The largest absolute Gasteiger partial charge is 0.391 e. The summed E-state index contributed by atoms with van der Waals surface area (Å²) in [5.41, 5.74) is 0. The zero-order valence-corrected chi connectivity index (χ0v) is 9.93. The van der Waals surface area contributed by atoms with E-state index < -0.39 is 0 Å². The number of hydrogen-bond acceptors (Lipinski definition) is 4. The first-order valence-electron chi connectivity index (χ1n) is 5.93.